The van der Waals surface area contributed by atoms with Gasteiger partial charge in [0.25, 0.3) is 5.91 Å². The Hall–Kier alpha value is -3.55. The van der Waals surface area contributed by atoms with E-state index in [0.717, 1.165) is 17.5 Å². The number of methoxy groups -OCH3 is 2. The van der Waals surface area contributed by atoms with Crippen molar-refractivity contribution in [2.75, 3.05) is 45.4 Å². The summed E-state index contributed by atoms with van der Waals surface area (Å²) in [6.45, 7) is 5.19. The normalized spacial score (nSPS) is 10.7. The molecule has 0 radical (unpaired) electrons. The number of nitrogen functional groups attached to an aromatic ring is 1. The third-order valence-electron chi connectivity index (χ3n) is 5.00. The van der Waals surface area contributed by atoms with Crippen molar-refractivity contribution in [3.05, 3.63) is 47.0 Å². The van der Waals surface area contributed by atoms with Gasteiger partial charge in [0.1, 0.15) is 5.82 Å². The molecule has 3 aromatic rings. The van der Waals surface area contributed by atoms with E-state index in [0.29, 0.717) is 52.8 Å². The van der Waals surface area contributed by atoms with Crippen molar-refractivity contribution < 1.29 is 14.3 Å². The molecule has 31 heavy (non-hydrogen) atoms. The third-order valence-corrected chi connectivity index (χ3v) is 5.00. The van der Waals surface area contributed by atoms with Crippen LogP contribution in [0.3, 0.4) is 0 Å². The Bertz CT molecular complexity index is 1080. The lowest BCUT2D eigenvalue weighted by atomic mass is 10.1. The summed E-state index contributed by atoms with van der Waals surface area (Å²) in [6.07, 6.45) is 0.736. The molecule has 8 heteroatoms. The van der Waals surface area contributed by atoms with Crippen molar-refractivity contribution in [2.24, 2.45) is 0 Å². The molecule has 0 bridgehead atoms. The minimum atomic E-state index is 0.0130. The van der Waals surface area contributed by atoms with E-state index in [4.69, 9.17) is 15.2 Å². The lowest BCUT2D eigenvalue weighted by molar-refractivity contribution is 0.0794. The number of benzene rings is 2. The van der Waals surface area contributed by atoms with E-state index in [2.05, 4.69) is 21.4 Å². The van der Waals surface area contributed by atoms with Crippen molar-refractivity contribution in [1.29, 1.82) is 0 Å². The number of aromatic nitrogens is 2. The number of fused-ring (bicyclic) bond motifs is 1. The molecule has 0 atom stereocenters. The maximum Gasteiger partial charge on any atom is 0.253 e. The number of ether oxygens (including phenoxy) is 2. The van der Waals surface area contributed by atoms with Crippen LogP contribution in [-0.4, -0.2) is 55.1 Å². The number of aryl methyl sites for hydroxylation is 2. The van der Waals surface area contributed by atoms with Crippen LogP contribution < -0.4 is 20.5 Å². The number of nitrogens with one attached hydrogen (secondary N) is 1. The van der Waals surface area contributed by atoms with Crippen LogP contribution in [0.5, 0.6) is 11.5 Å². The molecule has 0 aliphatic rings. The van der Waals surface area contributed by atoms with Crippen molar-refractivity contribution in [1.82, 2.24) is 14.9 Å². The Morgan fingerprint density at radius 2 is 1.68 bits per heavy atom. The van der Waals surface area contributed by atoms with Crippen LogP contribution >= 0.6 is 0 Å². The number of rotatable bonds is 8. The second-order valence-corrected chi connectivity index (χ2v) is 7.54. The predicted molar refractivity (Wildman–Crippen MR) is 123 cm³/mol. The van der Waals surface area contributed by atoms with Gasteiger partial charge in [0.2, 0.25) is 5.95 Å². The molecule has 3 rings (SSSR count). The molecule has 0 spiro atoms. The van der Waals surface area contributed by atoms with Gasteiger partial charge >= 0.3 is 0 Å². The van der Waals surface area contributed by atoms with Gasteiger partial charge in [0.15, 0.2) is 11.5 Å². The predicted octanol–water partition coefficient (Wildman–Crippen LogP) is 3.42. The fraction of sp³-hybridized carbons (Fsp3) is 0.348. The molecular weight excluding hydrogens is 394 g/mol. The molecule has 0 aliphatic carbocycles. The molecule has 1 heterocycles. The highest BCUT2D eigenvalue weighted by atomic mass is 16.5. The zero-order valence-electron chi connectivity index (χ0n) is 18.7. The minimum absolute atomic E-state index is 0.0130. The number of amides is 1. The largest absolute Gasteiger partial charge is 0.493 e. The Kier molecular flexibility index (Phi) is 6.79. The summed E-state index contributed by atoms with van der Waals surface area (Å²) in [4.78, 5) is 23.2. The number of hydrogen-bond donors (Lipinski definition) is 2. The monoisotopic (exact) mass is 423 g/mol. The quantitative estimate of drug-likeness (QED) is 0.535. The lowest BCUT2D eigenvalue weighted by Crippen LogP contribution is -2.29. The molecule has 0 aliphatic heterocycles. The van der Waals surface area contributed by atoms with E-state index >= 15 is 0 Å². The zero-order valence-corrected chi connectivity index (χ0v) is 18.7. The van der Waals surface area contributed by atoms with Crippen LogP contribution in [0, 0.1) is 13.8 Å². The van der Waals surface area contributed by atoms with E-state index in [9.17, 15) is 4.79 Å². The zero-order chi connectivity index (χ0) is 22.5. The maximum atomic E-state index is 12.7. The summed E-state index contributed by atoms with van der Waals surface area (Å²) in [5.74, 6) is 1.95. The van der Waals surface area contributed by atoms with Gasteiger partial charge in [-0.3, -0.25) is 4.79 Å². The number of nitrogens with zero attached hydrogens (tertiary/aromatic N) is 3. The number of anilines is 2. The standard InChI is InChI=1S/C23H29N5O3/c1-14-9-15(2)11-16(10-14)22(29)28(3)8-6-7-25-23-26-18-13-20(31-5)19(30-4)12-17(18)21(24)27-23/h9-13H,6-8H2,1-5H3,(H3,24,25,26,27). The van der Waals surface area contributed by atoms with Crippen LogP contribution in [0.15, 0.2) is 30.3 Å². The highest BCUT2D eigenvalue weighted by Gasteiger charge is 2.13. The number of carbonyl (C=O) groups excluding carboxylic acids is 1. The Morgan fingerprint density at radius 1 is 1.03 bits per heavy atom. The van der Waals surface area contributed by atoms with E-state index < -0.39 is 0 Å². The lowest BCUT2D eigenvalue weighted by Gasteiger charge is -2.18. The van der Waals surface area contributed by atoms with Crippen molar-refractivity contribution >= 4 is 28.6 Å². The van der Waals surface area contributed by atoms with Crippen molar-refractivity contribution in [3.63, 3.8) is 0 Å². The Labute approximate surface area is 182 Å². The van der Waals surface area contributed by atoms with Crippen LogP contribution in [0.2, 0.25) is 0 Å². The molecular formula is C23H29N5O3. The summed E-state index contributed by atoms with van der Waals surface area (Å²) in [6, 6.07) is 9.42. The molecule has 0 saturated heterocycles. The number of carbonyl (C=O) groups is 1. The van der Waals surface area contributed by atoms with Gasteiger partial charge in [-0.25, -0.2) is 4.98 Å². The van der Waals surface area contributed by atoms with Crippen LogP contribution in [-0.2, 0) is 0 Å². The minimum Gasteiger partial charge on any atom is -0.493 e. The van der Waals surface area contributed by atoms with Gasteiger partial charge < -0.3 is 25.4 Å². The SMILES string of the molecule is COc1cc2nc(NCCCN(C)C(=O)c3cc(C)cc(C)c3)nc(N)c2cc1OC. The second-order valence-electron chi connectivity index (χ2n) is 7.54. The fourth-order valence-corrected chi connectivity index (χ4v) is 3.49. The Balaban J connectivity index is 1.61. The van der Waals surface area contributed by atoms with E-state index in [1.54, 1.807) is 31.3 Å². The molecule has 2 aromatic carbocycles. The van der Waals surface area contributed by atoms with Gasteiger partial charge in [0.05, 0.1) is 19.7 Å². The summed E-state index contributed by atoms with van der Waals surface area (Å²) in [7, 11) is 4.95. The number of hydrogen-bond acceptors (Lipinski definition) is 7. The van der Waals surface area contributed by atoms with Crippen LogP contribution in [0.4, 0.5) is 11.8 Å². The van der Waals surface area contributed by atoms with Gasteiger partial charge in [-0.15, -0.1) is 0 Å². The molecule has 1 aromatic heterocycles. The van der Waals surface area contributed by atoms with Gasteiger partial charge in [-0.2, -0.15) is 4.98 Å². The Morgan fingerprint density at radius 3 is 2.32 bits per heavy atom. The van der Waals surface area contributed by atoms with Crippen molar-refractivity contribution in [3.8, 4) is 11.5 Å². The van der Waals surface area contributed by atoms with Crippen LogP contribution in [0.25, 0.3) is 10.9 Å². The second kappa shape index (κ2) is 9.51. The fourth-order valence-electron chi connectivity index (χ4n) is 3.49. The molecule has 1 amide bonds. The first-order valence-corrected chi connectivity index (χ1v) is 10.1. The molecule has 0 fully saturated rings. The van der Waals surface area contributed by atoms with Gasteiger partial charge in [-0.1, -0.05) is 17.2 Å². The average molecular weight is 424 g/mol. The smallest absolute Gasteiger partial charge is 0.253 e. The first kappa shape index (κ1) is 22.1. The highest BCUT2D eigenvalue weighted by Crippen LogP contribution is 2.33. The summed E-state index contributed by atoms with van der Waals surface area (Å²) in [5, 5.41) is 3.88. The first-order valence-electron chi connectivity index (χ1n) is 10.1. The summed E-state index contributed by atoms with van der Waals surface area (Å²) >= 11 is 0. The van der Waals surface area contributed by atoms with Gasteiger partial charge in [-0.05, 0) is 38.5 Å². The molecule has 0 unspecified atom stereocenters. The summed E-state index contributed by atoms with van der Waals surface area (Å²) < 4.78 is 10.7. The van der Waals surface area contributed by atoms with E-state index in [1.807, 2.05) is 33.0 Å². The van der Waals surface area contributed by atoms with Gasteiger partial charge in [0, 0.05) is 37.2 Å². The number of nitrogens with two attached hydrogens (primary N) is 1. The van der Waals surface area contributed by atoms with Crippen molar-refractivity contribution in [2.45, 2.75) is 20.3 Å². The molecule has 0 saturated carbocycles. The first-order chi connectivity index (χ1) is 14.8. The molecule has 8 nitrogen and oxygen atoms in total. The topological polar surface area (TPSA) is 103 Å². The summed E-state index contributed by atoms with van der Waals surface area (Å²) in [5.41, 5.74) is 9.65. The maximum absolute atomic E-state index is 12.7. The highest BCUT2D eigenvalue weighted by molar-refractivity contribution is 5.94. The third kappa shape index (κ3) is 5.14. The van der Waals surface area contributed by atoms with E-state index in [-0.39, 0.29) is 5.91 Å². The molecule has 164 valence electrons. The average Bonchev–Trinajstić information content (AvgIpc) is 2.74. The molecule has 3 N–H and O–H groups in total. The van der Waals surface area contributed by atoms with Crippen LogP contribution in [0.1, 0.15) is 27.9 Å². The van der Waals surface area contributed by atoms with E-state index in [1.165, 1.54) is 0 Å².